The van der Waals surface area contributed by atoms with Crippen molar-refractivity contribution in [2.45, 2.75) is 148 Å². The molecule has 10 aliphatic rings. The van der Waals surface area contributed by atoms with Gasteiger partial charge in [0.15, 0.2) is 5.78 Å². The number of rotatable bonds is 0. The first kappa shape index (κ1) is 29.2. The predicted molar refractivity (Wildman–Crippen MR) is 172 cm³/mol. The number of fused-ring (bicyclic) bond motifs is 12. The molecule has 2 aliphatic heterocycles. The van der Waals surface area contributed by atoms with E-state index in [1.807, 2.05) is 6.08 Å². The maximum atomic E-state index is 11.9. The molecule has 242 valence electrons. The molecule has 13 atom stereocenters. The van der Waals surface area contributed by atoms with Crippen LogP contribution >= 0.6 is 0 Å². The molecule has 1 N–H and O–H groups in total. The molecular weight excluding hydrogens is 544 g/mol. The minimum Gasteiger partial charge on any atom is -0.393 e. The number of ketones is 1. The van der Waals surface area contributed by atoms with E-state index in [4.69, 9.17) is 9.47 Å². The van der Waals surface area contributed by atoms with E-state index < -0.39 is 0 Å². The summed E-state index contributed by atoms with van der Waals surface area (Å²) in [6, 6.07) is 0. The number of aliphatic hydroxyl groups is 1. The molecule has 0 bridgehead atoms. The average Bonchev–Trinajstić information content (AvgIpc) is 3.91. The van der Waals surface area contributed by atoms with E-state index in [2.05, 4.69) is 33.8 Å². The average molecular weight is 603 g/mol. The van der Waals surface area contributed by atoms with Crippen molar-refractivity contribution in [1.29, 1.82) is 0 Å². The van der Waals surface area contributed by atoms with E-state index in [-0.39, 0.29) is 17.3 Å². The highest BCUT2D eigenvalue weighted by Crippen LogP contribution is 2.72. The third kappa shape index (κ3) is 3.72. The second-order valence-electron chi connectivity index (χ2n) is 18.7. The van der Waals surface area contributed by atoms with Gasteiger partial charge in [0.2, 0.25) is 0 Å². The normalized spacial score (nSPS) is 57.8. The summed E-state index contributed by atoms with van der Waals surface area (Å²) in [5.74, 6) is 5.52. The fourth-order valence-corrected chi connectivity index (χ4v) is 14.5. The molecule has 0 aromatic carbocycles. The van der Waals surface area contributed by atoms with E-state index >= 15 is 0 Å². The van der Waals surface area contributed by atoms with Gasteiger partial charge in [-0.25, -0.2) is 0 Å². The van der Waals surface area contributed by atoms with E-state index in [9.17, 15) is 9.90 Å². The number of carbonyl (C=O) groups excluding carboxylic acids is 1. The first-order valence-corrected chi connectivity index (χ1v) is 18.9. The number of aliphatic hydroxyl groups excluding tert-OH is 1. The Kier molecular flexibility index (Phi) is 6.20. The third-order valence-electron chi connectivity index (χ3n) is 17.6. The van der Waals surface area contributed by atoms with Gasteiger partial charge < -0.3 is 14.6 Å². The van der Waals surface area contributed by atoms with Crippen molar-refractivity contribution in [3.63, 3.8) is 0 Å². The van der Waals surface area contributed by atoms with Gasteiger partial charge in [0.1, 0.15) is 0 Å². The summed E-state index contributed by atoms with van der Waals surface area (Å²) in [5, 5.41) is 10.1. The van der Waals surface area contributed by atoms with Gasteiger partial charge in [0.25, 0.3) is 0 Å². The Balaban J connectivity index is 0.000000123. The molecule has 8 fully saturated rings. The highest BCUT2D eigenvalue weighted by Gasteiger charge is 2.71. The van der Waals surface area contributed by atoms with Crippen molar-refractivity contribution in [2.75, 3.05) is 13.2 Å². The van der Waals surface area contributed by atoms with Gasteiger partial charge in [-0.3, -0.25) is 4.79 Å². The Morgan fingerprint density at radius 3 is 1.86 bits per heavy atom. The molecule has 2 saturated heterocycles. The van der Waals surface area contributed by atoms with Crippen LogP contribution in [0.25, 0.3) is 0 Å². The topological polar surface area (TPSA) is 62.4 Å². The van der Waals surface area contributed by atoms with Crippen LogP contribution in [0.4, 0.5) is 0 Å². The number of hydrogen-bond donors (Lipinski definition) is 1. The van der Waals surface area contributed by atoms with Crippen LogP contribution < -0.4 is 0 Å². The van der Waals surface area contributed by atoms with Crippen LogP contribution in [0.15, 0.2) is 23.3 Å². The molecule has 0 aromatic heterocycles. The van der Waals surface area contributed by atoms with Crippen LogP contribution in [-0.4, -0.2) is 41.4 Å². The third-order valence-corrected chi connectivity index (χ3v) is 17.6. The highest BCUT2D eigenvalue weighted by molar-refractivity contribution is 5.91. The number of epoxide rings is 2. The molecule has 6 saturated carbocycles. The van der Waals surface area contributed by atoms with Crippen LogP contribution in [0, 0.1) is 57.2 Å². The number of ether oxygens (including phenoxy) is 2. The fraction of sp³-hybridized carbons (Fsp3) is 0.875. The largest absolute Gasteiger partial charge is 0.393 e. The summed E-state index contributed by atoms with van der Waals surface area (Å²) in [7, 11) is 0. The standard InChI is InChI=1S/C20H30O2.C20H28O2/c2*1-18-8-5-14(21)11-13(18)3-4-15-16(18)6-9-19(2)17(15)7-10-20(19)12-22-20/h3,14-17,21H,4-12H2,1-2H3;11,15-17H,3-10,12H2,1-2H3/t14?,15?,16?,17?,18?,19?,20-;15?,16?,17?,18?,19?,20-/m11/s1. The number of hydrogen-bond acceptors (Lipinski definition) is 4. The Morgan fingerprint density at radius 2 is 1.23 bits per heavy atom. The molecule has 10 rings (SSSR count). The zero-order chi connectivity index (χ0) is 30.3. The maximum Gasteiger partial charge on any atom is 0.155 e. The van der Waals surface area contributed by atoms with Crippen LogP contribution in [0.5, 0.6) is 0 Å². The SMILES string of the molecule is CC12CCC(=O)C=C1CCC1C2CCC2(C)C1CC[C@@]21CO1.CC12CCC(O)CC1=CCC1C2CCC2(C)C1CC[C@@]21CO1. The molecule has 0 aromatic rings. The fourth-order valence-electron chi connectivity index (χ4n) is 14.5. The first-order chi connectivity index (χ1) is 21.0. The monoisotopic (exact) mass is 602 g/mol. The van der Waals surface area contributed by atoms with Crippen molar-refractivity contribution < 1.29 is 19.4 Å². The number of carbonyl (C=O) groups is 1. The maximum absolute atomic E-state index is 11.9. The van der Waals surface area contributed by atoms with Crippen molar-refractivity contribution in [1.82, 2.24) is 0 Å². The first-order valence-electron chi connectivity index (χ1n) is 18.9. The molecule has 0 radical (unpaired) electrons. The molecule has 44 heavy (non-hydrogen) atoms. The van der Waals surface area contributed by atoms with Crippen molar-refractivity contribution >= 4 is 5.78 Å². The van der Waals surface area contributed by atoms with E-state index in [1.54, 1.807) is 5.57 Å². The molecule has 2 heterocycles. The summed E-state index contributed by atoms with van der Waals surface area (Å²) in [6.45, 7) is 12.1. The van der Waals surface area contributed by atoms with Gasteiger partial charge >= 0.3 is 0 Å². The van der Waals surface area contributed by atoms with Crippen molar-refractivity contribution in [3.8, 4) is 0 Å². The Morgan fingerprint density at radius 1 is 0.659 bits per heavy atom. The summed E-state index contributed by atoms with van der Waals surface area (Å²) in [4.78, 5) is 11.9. The van der Waals surface area contributed by atoms with Gasteiger partial charge in [-0.1, -0.05) is 44.9 Å². The smallest absolute Gasteiger partial charge is 0.155 e. The number of allylic oxidation sites excluding steroid dienone is 2. The molecule has 4 heteroatoms. The molecular formula is C40H58O4. The highest BCUT2D eigenvalue weighted by atomic mass is 16.6. The second kappa shape index (κ2) is 9.34. The van der Waals surface area contributed by atoms with Gasteiger partial charge in [-0.05, 0) is 149 Å². The van der Waals surface area contributed by atoms with Crippen LogP contribution in [0.2, 0.25) is 0 Å². The van der Waals surface area contributed by atoms with Crippen molar-refractivity contribution in [3.05, 3.63) is 23.3 Å². The minimum absolute atomic E-state index is 0.0839. The quantitative estimate of drug-likeness (QED) is 0.224. The summed E-state index contributed by atoms with van der Waals surface area (Å²) >= 11 is 0. The zero-order valence-electron chi connectivity index (χ0n) is 28.1. The van der Waals surface area contributed by atoms with Crippen LogP contribution in [-0.2, 0) is 14.3 Å². The van der Waals surface area contributed by atoms with Gasteiger partial charge in [-0.15, -0.1) is 0 Å². The van der Waals surface area contributed by atoms with E-state index in [1.165, 1.54) is 82.6 Å². The summed E-state index contributed by atoms with van der Waals surface area (Å²) in [5.41, 5.74) is 5.20. The summed E-state index contributed by atoms with van der Waals surface area (Å²) in [6.07, 6.45) is 24.1. The van der Waals surface area contributed by atoms with Crippen molar-refractivity contribution in [2.24, 2.45) is 57.2 Å². The van der Waals surface area contributed by atoms with E-state index in [0.29, 0.717) is 27.4 Å². The zero-order valence-corrected chi connectivity index (χ0v) is 28.1. The lowest BCUT2D eigenvalue weighted by atomic mass is 9.47. The van der Waals surface area contributed by atoms with E-state index in [0.717, 1.165) is 74.4 Å². The van der Waals surface area contributed by atoms with Crippen LogP contribution in [0.1, 0.15) is 130 Å². The molecule has 2 spiro atoms. The lowest BCUT2D eigenvalue weighted by molar-refractivity contribution is -0.117. The minimum atomic E-state index is -0.0839. The second-order valence-corrected chi connectivity index (χ2v) is 18.7. The molecule has 8 aliphatic carbocycles. The van der Waals surface area contributed by atoms with Crippen LogP contribution in [0.3, 0.4) is 0 Å². The predicted octanol–water partition coefficient (Wildman–Crippen LogP) is 8.37. The Hall–Kier alpha value is -0.970. The Bertz CT molecular complexity index is 1300. The lowest BCUT2D eigenvalue weighted by Gasteiger charge is -2.57. The molecule has 4 nitrogen and oxygen atoms in total. The lowest BCUT2D eigenvalue weighted by Crippen LogP contribution is -2.52. The molecule has 11 unspecified atom stereocenters. The summed E-state index contributed by atoms with van der Waals surface area (Å²) < 4.78 is 12.0. The van der Waals surface area contributed by atoms with Gasteiger partial charge in [-0.2, -0.15) is 0 Å². The van der Waals surface area contributed by atoms with Gasteiger partial charge in [0.05, 0.1) is 30.5 Å². The molecule has 0 amide bonds. The van der Waals surface area contributed by atoms with Gasteiger partial charge in [0, 0.05) is 17.3 Å². The Labute approximate surface area is 266 Å².